The second-order valence-corrected chi connectivity index (χ2v) is 9.27. The van der Waals surface area contributed by atoms with E-state index in [1.54, 1.807) is 19.1 Å². The summed E-state index contributed by atoms with van der Waals surface area (Å²) in [5, 5.41) is 3.18. The summed E-state index contributed by atoms with van der Waals surface area (Å²) >= 11 is 0. The van der Waals surface area contributed by atoms with Gasteiger partial charge in [-0.05, 0) is 48.4 Å². The number of nitrogens with zero attached hydrogens (tertiary/aromatic N) is 5. The maximum Gasteiger partial charge on any atom is 0.416 e. The molecule has 3 aromatic rings. The summed E-state index contributed by atoms with van der Waals surface area (Å²) in [6.45, 7) is 4.15. The average molecular weight is 542 g/mol. The van der Waals surface area contributed by atoms with E-state index in [1.165, 1.54) is 30.5 Å². The number of hydrogen-bond acceptors (Lipinski definition) is 8. The first-order valence-electron chi connectivity index (χ1n) is 12.2. The number of carbonyl (C=O) groups is 2. The van der Waals surface area contributed by atoms with Crippen LogP contribution in [-0.4, -0.2) is 59.5 Å². The first-order chi connectivity index (χ1) is 18.6. The number of carbonyl (C=O) groups excluding carboxylic acids is 2. The molecule has 0 atom stereocenters. The highest BCUT2D eigenvalue weighted by Crippen LogP contribution is 2.37. The van der Waals surface area contributed by atoms with Gasteiger partial charge < -0.3 is 15.8 Å². The quantitative estimate of drug-likeness (QED) is 0.455. The molecule has 0 spiro atoms. The Kier molecular flexibility index (Phi) is 7.10. The van der Waals surface area contributed by atoms with Gasteiger partial charge in [-0.15, -0.1) is 0 Å². The van der Waals surface area contributed by atoms with Crippen LogP contribution in [0.2, 0.25) is 0 Å². The Morgan fingerprint density at radius 1 is 1.08 bits per heavy atom. The molecule has 3 N–H and O–H groups in total. The zero-order valence-electron chi connectivity index (χ0n) is 21.0. The number of rotatable bonds is 6. The Labute approximate surface area is 222 Å². The van der Waals surface area contributed by atoms with Crippen LogP contribution in [0.3, 0.4) is 0 Å². The lowest BCUT2D eigenvalue weighted by molar-refractivity contribution is -0.138. The number of nitrogen functional groups attached to an aromatic ring is 1. The Balaban J connectivity index is 1.38. The number of urea groups is 1. The Hall–Kier alpha value is -4.23. The van der Waals surface area contributed by atoms with Crippen molar-refractivity contribution in [3.63, 3.8) is 0 Å². The van der Waals surface area contributed by atoms with Crippen molar-refractivity contribution in [1.82, 2.24) is 20.2 Å². The van der Waals surface area contributed by atoms with Crippen molar-refractivity contribution >= 4 is 29.3 Å². The van der Waals surface area contributed by atoms with Gasteiger partial charge in [0.05, 0.1) is 11.3 Å². The summed E-state index contributed by atoms with van der Waals surface area (Å²) in [7, 11) is 0. The zero-order valence-corrected chi connectivity index (χ0v) is 21.0. The summed E-state index contributed by atoms with van der Waals surface area (Å²) in [4.78, 5) is 38.0. The molecule has 0 unspecified atom stereocenters. The molecule has 39 heavy (non-hydrogen) atoms. The number of piperazine rings is 1. The van der Waals surface area contributed by atoms with E-state index in [9.17, 15) is 22.8 Å². The monoisotopic (exact) mass is 541 g/mol. The van der Waals surface area contributed by atoms with Crippen LogP contribution in [0.1, 0.15) is 16.7 Å². The summed E-state index contributed by atoms with van der Waals surface area (Å²) in [5.41, 5.74) is 5.72. The smallest absolute Gasteiger partial charge is 0.416 e. The Morgan fingerprint density at radius 2 is 1.85 bits per heavy atom. The number of aryl methyl sites for hydroxylation is 1. The number of imide groups is 1. The maximum absolute atomic E-state index is 14.0. The van der Waals surface area contributed by atoms with Gasteiger partial charge in [0.15, 0.2) is 0 Å². The number of alkyl halides is 3. The molecule has 2 fully saturated rings. The fourth-order valence-electron chi connectivity index (χ4n) is 4.66. The van der Waals surface area contributed by atoms with E-state index in [0.29, 0.717) is 43.2 Å². The minimum absolute atomic E-state index is 0.00573. The molecule has 5 rings (SSSR count). The van der Waals surface area contributed by atoms with Gasteiger partial charge in [0, 0.05) is 50.7 Å². The fourth-order valence-corrected chi connectivity index (χ4v) is 4.66. The molecular formula is C26H26F3N7O3. The number of nitrogens with two attached hydrogens (primary N) is 1. The maximum atomic E-state index is 14.0. The van der Waals surface area contributed by atoms with Crippen LogP contribution in [-0.2, 0) is 17.5 Å². The molecule has 0 saturated carbocycles. The van der Waals surface area contributed by atoms with Crippen LogP contribution in [0.15, 0.2) is 48.7 Å². The van der Waals surface area contributed by atoms with Gasteiger partial charge in [-0.1, -0.05) is 6.07 Å². The molecule has 13 heteroatoms. The lowest BCUT2D eigenvalue weighted by Gasteiger charge is -2.28. The third-order valence-electron chi connectivity index (χ3n) is 6.56. The fraction of sp³-hybridized carbons (Fsp3) is 0.308. The molecule has 1 aromatic heterocycles. The van der Waals surface area contributed by atoms with E-state index < -0.39 is 23.7 Å². The summed E-state index contributed by atoms with van der Waals surface area (Å²) in [6.07, 6.45) is -3.18. The van der Waals surface area contributed by atoms with Crippen LogP contribution in [0.4, 0.5) is 35.3 Å². The van der Waals surface area contributed by atoms with Crippen LogP contribution in [0.25, 0.3) is 0 Å². The van der Waals surface area contributed by atoms with E-state index >= 15 is 0 Å². The van der Waals surface area contributed by atoms with E-state index in [2.05, 4.69) is 15.3 Å². The van der Waals surface area contributed by atoms with Gasteiger partial charge >= 0.3 is 12.2 Å². The van der Waals surface area contributed by atoms with Crippen molar-refractivity contribution in [1.29, 1.82) is 0 Å². The largest absolute Gasteiger partial charge is 0.439 e. The molecule has 2 aliphatic heterocycles. The number of benzene rings is 2. The molecule has 3 amide bonds. The molecule has 204 valence electrons. The first-order valence-corrected chi connectivity index (χ1v) is 12.2. The van der Waals surface area contributed by atoms with E-state index in [-0.39, 0.29) is 36.2 Å². The predicted molar refractivity (Wildman–Crippen MR) is 138 cm³/mol. The predicted octanol–water partition coefficient (Wildman–Crippen LogP) is 3.56. The number of amides is 3. The second-order valence-electron chi connectivity index (χ2n) is 9.27. The topological polar surface area (TPSA) is 117 Å². The number of halogens is 3. The number of nitrogens with one attached hydrogen (secondary N) is 1. The lowest BCUT2D eigenvalue weighted by atomic mass is 10.0. The summed E-state index contributed by atoms with van der Waals surface area (Å²) in [5.74, 6) is 0.0914. The first kappa shape index (κ1) is 26.4. The van der Waals surface area contributed by atoms with Crippen LogP contribution < -0.4 is 25.6 Å². The third kappa shape index (κ3) is 5.64. The average Bonchev–Trinajstić information content (AvgIpc) is 3.18. The minimum atomic E-state index is -4.62. The number of ether oxygens (including phenoxy) is 1. The third-order valence-corrected chi connectivity index (χ3v) is 6.56. The van der Waals surface area contributed by atoms with Crippen molar-refractivity contribution in [2.75, 3.05) is 48.3 Å². The molecule has 2 aromatic carbocycles. The highest BCUT2D eigenvalue weighted by atomic mass is 19.4. The molecule has 0 aliphatic carbocycles. The molecule has 0 bridgehead atoms. The normalized spacial score (nSPS) is 16.7. The zero-order chi connectivity index (χ0) is 27.7. The molecule has 2 saturated heterocycles. The van der Waals surface area contributed by atoms with Crippen LogP contribution >= 0.6 is 0 Å². The van der Waals surface area contributed by atoms with E-state index in [1.807, 2.05) is 4.90 Å². The summed E-state index contributed by atoms with van der Waals surface area (Å²) < 4.78 is 47.7. The van der Waals surface area contributed by atoms with Crippen molar-refractivity contribution in [3.8, 4) is 11.6 Å². The van der Waals surface area contributed by atoms with E-state index in [4.69, 9.17) is 10.5 Å². The Morgan fingerprint density at radius 3 is 2.54 bits per heavy atom. The molecule has 2 aliphatic rings. The summed E-state index contributed by atoms with van der Waals surface area (Å²) in [6, 6.07) is 9.28. The van der Waals surface area contributed by atoms with Gasteiger partial charge in [-0.2, -0.15) is 18.2 Å². The van der Waals surface area contributed by atoms with Gasteiger partial charge in [-0.3, -0.25) is 14.6 Å². The Bertz CT molecular complexity index is 1410. The standard InChI is InChI=1S/C26H26F3N7O3/c1-16-12-19(39-22-6-7-32-24(30)33-22)4-5-21(16)36-23(37)15-35(25(36)38)18-3-2-17(20(13-18)26(27,28)29)14-34-10-8-31-9-11-34/h2-7,12-13,31H,8-11,14-15H2,1H3,(H2,30,32,33). The number of hydrogen-bond donors (Lipinski definition) is 2. The molecule has 3 heterocycles. The lowest BCUT2D eigenvalue weighted by Crippen LogP contribution is -2.43. The van der Waals surface area contributed by atoms with Gasteiger partial charge in [0.25, 0.3) is 5.91 Å². The minimum Gasteiger partial charge on any atom is -0.439 e. The molecular weight excluding hydrogens is 515 g/mol. The van der Waals surface area contributed by atoms with Crippen molar-refractivity contribution < 1.29 is 27.5 Å². The van der Waals surface area contributed by atoms with Gasteiger partial charge in [0.2, 0.25) is 11.8 Å². The molecule has 10 nitrogen and oxygen atoms in total. The van der Waals surface area contributed by atoms with E-state index in [0.717, 1.165) is 15.9 Å². The van der Waals surface area contributed by atoms with Crippen molar-refractivity contribution in [2.45, 2.75) is 19.6 Å². The number of anilines is 3. The van der Waals surface area contributed by atoms with Crippen molar-refractivity contribution in [2.24, 2.45) is 0 Å². The highest BCUT2D eigenvalue weighted by molar-refractivity contribution is 6.27. The SMILES string of the molecule is Cc1cc(Oc2ccnc(N)n2)ccc1N1C(=O)CN(c2ccc(CN3CCNCC3)c(C(F)(F)F)c2)C1=O. The molecule has 0 radical (unpaired) electrons. The second kappa shape index (κ2) is 10.5. The van der Waals surface area contributed by atoms with Gasteiger partial charge in [-0.25, -0.2) is 14.7 Å². The van der Waals surface area contributed by atoms with Crippen LogP contribution in [0, 0.1) is 6.92 Å². The van der Waals surface area contributed by atoms with Gasteiger partial charge in [0.1, 0.15) is 12.3 Å². The van der Waals surface area contributed by atoms with Crippen molar-refractivity contribution in [3.05, 3.63) is 65.4 Å². The number of aromatic nitrogens is 2. The highest BCUT2D eigenvalue weighted by Gasteiger charge is 2.40. The van der Waals surface area contributed by atoms with Crippen LogP contribution in [0.5, 0.6) is 11.6 Å².